The number of ether oxygens (including phenoxy) is 3. The highest BCUT2D eigenvalue weighted by Crippen LogP contribution is 2.51. The van der Waals surface area contributed by atoms with Gasteiger partial charge in [-0.1, -0.05) is 17.7 Å². The molecule has 20 heavy (non-hydrogen) atoms. The molecule has 0 aromatic heterocycles. The van der Waals surface area contributed by atoms with Crippen molar-refractivity contribution in [3.05, 3.63) is 23.8 Å². The number of hydrogen-bond donors (Lipinski definition) is 1. The molecule has 3 aliphatic heterocycles. The lowest BCUT2D eigenvalue weighted by Crippen LogP contribution is -2.51. The first kappa shape index (κ1) is 13.9. The molecule has 3 aliphatic rings. The number of nitrogens with zero attached hydrogens (tertiary/aromatic N) is 1. The van der Waals surface area contributed by atoms with Crippen LogP contribution in [-0.2, 0) is 14.2 Å². The van der Waals surface area contributed by atoms with Gasteiger partial charge < -0.3 is 19.3 Å². The molecule has 0 radical (unpaired) electrons. The first-order valence-corrected chi connectivity index (χ1v) is 7.06. The van der Waals surface area contributed by atoms with Gasteiger partial charge in [-0.3, -0.25) is 0 Å². The lowest BCUT2D eigenvalue weighted by atomic mass is 9.84. The Bertz CT molecular complexity index is 472. The second-order valence-electron chi connectivity index (χ2n) is 5.66. The van der Waals surface area contributed by atoms with Gasteiger partial charge in [0, 0.05) is 6.21 Å². The van der Waals surface area contributed by atoms with Gasteiger partial charge in [0.05, 0.1) is 31.8 Å². The third kappa shape index (κ3) is 2.15. The van der Waals surface area contributed by atoms with E-state index in [9.17, 15) is 5.11 Å². The largest absolute Gasteiger partial charge is 0.384 e. The summed E-state index contributed by atoms with van der Waals surface area (Å²) in [5, 5.41) is 10.6. The van der Waals surface area contributed by atoms with E-state index in [1.807, 2.05) is 32.1 Å². The minimum absolute atomic E-state index is 0.0327. The van der Waals surface area contributed by atoms with Crippen molar-refractivity contribution >= 4 is 6.21 Å². The van der Waals surface area contributed by atoms with Gasteiger partial charge in [0.25, 0.3) is 5.91 Å². The maximum absolute atomic E-state index is 10.6. The van der Waals surface area contributed by atoms with E-state index in [2.05, 4.69) is 4.99 Å². The van der Waals surface area contributed by atoms with E-state index in [0.717, 1.165) is 12.0 Å². The van der Waals surface area contributed by atoms with E-state index >= 15 is 0 Å². The third-order valence-corrected chi connectivity index (χ3v) is 4.29. The molecule has 1 N–H and O–H groups in total. The Hall–Kier alpha value is -1.01. The zero-order chi connectivity index (χ0) is 14.2. The van der Waals surface area contributed by atoms with E-state index < -0.39 is 11.5 Å². The quantitative estimate of drug-likeness (QED) is 0.627. The fraction of sp³-hybridized carbons (Fsp3) is 0.667. The van der Waals surface area contributed by atoms with E-state index in [1.54, 1.807) is 6.21 Å². The molecule has 0 aliphatic carbocycles. The lowest BCUT2D eigenvalue weighted by Gasteiger charge is -2.37. The summed E-state index contributed by atoms with van der Waals surface area (Å²) in [6, 6.07) is 0. The molecule has 4 atom stereocenters. The van der Waals surface area contributed by atoms with Crippen molar-refractivity contribution < 1.29 is 19.3 Å². The predicted octanol–water partition coefficient (Wildman–Crippen LogP) is 1.43. The van der Waals surface area contributed by atoms with Crippen LogP contribution in [0.15, 0.2) is 28.8 Å². The zero-order valence-electron chi connectivity index (χ0n) is 11.9. The monoisotopic (exact) mass is 279 g/mol. The smallest absolute Gasteiger partial charge is 0.278 e. The van der Waals surface area contributed by atoms with Gasteiger partial charge in [0.1, 0.15) is 5.60 Å². The molecule has 110 valence electrons. The molecule has 5 heteroatoms. The number of aliphatic hydroxyl groups is 1. The molecule has 0 aromatic rings. The fourth-order valence-electron chi connectivity index (χ4n) is 3.10. The summed E-state index contributed by atoms with van der Waals surface area (Å²) in [5.41, 5.74) is 0.190. The first-order valence-electron chi connectivity index (χ1n) is 7.06. The number of hydrogen-bond acceptors (Lipinski definition) is 5. The second kappa shape index (κ2) is 5.07. The lowest BCUT2D eigenvalue weighted by molar-refractivity contribution is -0.261. The van der Waals surface area contributed by atoms with Crippen molar-refractivity contribution in [2.45, 2.75) is 37.9 Å². The van der Waals surface area contributed by atoms with Crippen molar-refractivity contribution in [3.8, 4) is 0 Å². The number of rotatable bonds is 3. The fourth-order valence-corrected chi connectivity index (χ4v) is 3.10. The minimum atomic E-state index is -1.08. The molecule has 3 rings (SSSR count). The third-order valence-electron chi connectivity index (χ3n) is 4.29. The average Bonchev–Trinajstić information content (AvgIpc) is 2.95. The molecular weight excluding hydrogens is 258 g/mol. The van der Waals surface area contributed by atoms with E-state index in [0.29, 0.717) is 13.2 Å². The van der Waals surface area contributed by atoms with E-state index in [1.165, 1.54) is 0 Å². The van der Waals surface area contributed by atoms with Crippen molar-refractivity contribution in [1.29, 1.82) is 0 Å². The minimum Gasteiger partial charge on any atom is -0.384 e. The van der Waals surface area contributed by atoms with Gasteiger partial charge in [0.15, 0.2) is 0 Å². The van der Waals surface area contributed by atoms with Gasteiger partial charge in [-0.2, -0.15) is 0 Å². The predicted molar refractivity (Wildman–Crippen MR) is 74.5 cm³/mol. The molecule has 0 spiro atoms. The Morgan fingerprint density at radius 1 is 1.35 bits per heavy atom. The molecule has 3 heterocycles. The average molecular weight is 279 g/mol. The Morgan fingerprint density at radius 2 is 2.20 bits per heavy atom. The van der Waals surface area contributed by atoms with Gasteiger partial charge in [-0.05, 0) is 26.3 Å². The van der Waals surface area contributed by atoms with Gasteiger partial charge in [-0.15, -0.1) is 0 Å². The Morgan fingerprint density at radius 3 is 3.00 bits per heavy atom. The van der Waals surface area contributed by atoms with Crippen molar-refractivity contribution in [1.82, 2.24) is 0 Å². The van der Waals surface area contributed by atoms with Gasteiger partial charge >= 0.3 is 0 Å². The Kier molecular flexibility index (Phi) is 3.54. The molecule has 3 fully saturated rings. The van der Waals surface area contributed by atoms with E-state index in [4.69, 9.17) is 14.2 Å². The van der Waals surface area contributed by atoms with Crippen LogP contribution in [0.5, 0.6) is 0 Å². The molecule has 0 bridgehead atoms. The summed E-state index contributed by atoms with van der Waals surface area (Å²) < 4.78 is 17.1. The maximum Gasteiger partial charge on any atom is 0.278 e. The Labute approximate surface area is 118 Å². The Balaban J connectivity index is 1.80. The normalized spacial score (nSPS) is 44.6. The van der Waals surface area contributed by atoms with Crippen LogP contribution in [0.25, 0.3) is 0 Å². The van der Waals surface area contributed by atoms with Gasteiger partial charge in [0.2, 0.25) is 0 Å². The van der Waals surface area contributed by atoms with Crippen molar-refractivity contribution in [2.24, 2.45) is 10.9 Å². The standard InChI is InChI=1S/C15H21NO4/c1-3-11(2)5-4-7-16-15-13-12(6-8-19-15)18-9-14(13,17)10-20-15/h3-5,7,12-13,17H,6,8-10H2,1-2H3/b5-4+,11-3+,16-7+/t12-,13+,14-,15+/m0/s1. The van der Waals surface area contributed by atoms with Crippen LogP contribution >= 0.6 is 0 Å². The summed E-state index contributed by atoms with van der Waals surface area (Å²) in [6.45, 7) is 5.05. The molecule has 0 unspecified atom stereocenters. The highest BCUT2D eigenvalue weighted by Gasteiger charge is 2.67. The zero-order valence-corrected chi connectivity index (χ0v) is 11.9. The highest BCUT2D eigenvalue weighted by atomic mass is 16.7. The topological polar surface area (TPSA) is 60.3 Å². The van der Waals surface area contributed by atoms with Crippen LogP contribution < -0.4 is 0 Å². The van der Waals surface area contributed by atoms with Crippen LogP contribution in [-0.4, -0.2) is 48.8 Å². The molecule has 0 amide bonds. The highest BCUT2D eigenvalue weighted by molar-refractivity contribution is 5.72. The molecule has 0 saturated carbocycles. The summed E-state index contributed by atoms with van der Waals surface area (Å²) in [7, 11) is 0. The van der Waals surface area contributed by atoms with Crippen LogP contribution in [0.1, 0.15) is 20.3 Å². The van der Waals surface area contributed by atoms with Crippen LogP contribution in [0.2, 0.25) is 0 Å². The number of aliphatic imine (C=N–C) groups is 1. The number of allylic oxidation sites excluding steroid dienone is 4. The first-order chi connectivity index (χ1) is 9.60. The van der Waals surface area contributed by atoms with Gasteiger partial charge in [-0.25, -0.2) is 4.99 Å². The maximum atomic E-state index is 10.6. The summed E-state index contributed by atoms with van der Waals surface area (Å²) in [4.78, 5) is 4.45. The van der Waals surface area contributed by atoms with Crippen LogP contribution in [0.3, 0.4) is 0 Å². The molecule has 5 nitrogen and oxygen atoms in total. The summed E-state index contributed by atoms with van der Waals surface area (Å²) in [5.74, 6) is -1.32. The second-order valence-corrected chi connectivity index (χ2v) is 5.66. The van der Waals surface area contributed by atoms with Crippen molar-refractivity contribution in [2.75, 3.05) is 19.8 Å². The van der Waals surface area contributed by atoms with Crippen LogP contribution in [0.4, 0.5) is 0 Å². The molecule has 3 saturated heterocycles. The van der Waals surface area contributed by atoms with Crippen LogP contribution in [0, 0.1) is 5.92 Å². The molecular formula is C15H21NO4. The van der Waals surface area contributed by atoms with E-state index in [-0.39, 0.29) is 18.6 Å². The van der Waals surface area contributed by atoms with Crippen molar-refractivity contribution in [3.63, 3.8) is 0 Å². The SMILES string of the molecule is C/C=C(C)/C=C/C=N/[C@]12OCC[C@@H]3OC[C@](O)(CO1)[C@@H]32. The summed E-state index contributed by atoms with van der Waals surface area (Å²) in [6.07, 6.45) is 8.27. The molecule has 0 aromatic carbocycles. The summed E-state index contributed by atoms with van der Waals surface area (Å²) >= 11 is 0.